The van der Waals surface area contributed by atoms with Gasteiger partial charge in [-0.15, -0.1) is 0 Å². The molecule has 0 aliphatic rings. The Morgan fingerprint density at radius 2 is 1.06 bits per heavy atom. The molecule has 0 unspecified atom stereocenters. The highest BCUT2D eigenvalue weighted by Crippen LogP contribution is 2.03. The number of amides is 2. The zero-order valence-electron chi connectivity index (χ0n) is 20.7. The van der Waals surface area contributed by atoms with Gasteiger partial charge in [0, 0.05) is 77.0 Å². The van der Waals surface area contributed by atoms with E-state index in [1.165, 1.54) is 0 Å². The second kappa shape index (κ2) is 19.5. The first-order valence-electron chi connectivity index (χ1n) is 12.1. The third-order valence-corrected chi connectivity index (χ3v) is 5.48. The van der Waals surface area contributed by atoms with E-state index in [9.17, 15) is 9.59 Å². The van der Waals surface area contributed by atoms with Crippen LogP contribution in [0.25, 0.3) is 0 Å². The average molecular weight is 449 g/mol. The Morgan fingerprint density at radius 1 is 0.688 bits per heavy atom. The number of carbonyl (C=O) groups excluding carboxylic acids is 2. The van der Waals surface area contributed by atoms with E-state index < -0.39 is 0 Å². The van der Waals surface area contributed by atoms with Gasteiger partial charge in [0.05, 0.1) is 12.1 Å². The molecule has 32 heavy (non-hydrogen) atoms. The normalized spacial score (nSPS) is 11.1. The lowest BCUT2D eigenvalue weighted by Crippen LogP contribution is -2.36. The van der Waals surface area contributed by atoms with Crippen LogP contribution in [0.5, 0.6) is 0 Å². The van der Waals surface area contributed by atoms with Crippen LogP contribution in [0.1, 0.15) is 79.1 Å². The predicted octanol–water partition coefficient (Wildman–Crippen LogP) is 2.81. The fourth-order valence-corrected chi connectivity index (χ4v) is 3.37. The zero-order valence-corrected chi connectivity index (χ0v) is 20.7. The topological polar surface area (TPSA) is 112 Å². The van der Waals surface area contributed by atoms with Crippen molar-refractivity contribution < 1.29 is 9.59 Å². The van der Waals surface area contributed by atoms with E-state index in [0.717, 1.165) is 25.7 Å². The number of nitriles is 2. The summed E-state index contributed by atoms with van der Waals surface area (Å²) in [6.45, 7) is 12.4. The van der Waals surface area contributed by atoms with Gasteiger partial charge in [-0.2, -0.15) is 10.5 Å². The summed E-state index contributed by atoms with van der Waals surface area (Å²) in [5, 5.41) is 23.4. The maximum atomic E-state index is 12.0. The highest BCUT2D eigenvalue weighted by atomic mass is 16.2. The Bertz CT molecular complexity index is 542. The Kier molecular flexibility index (Phi) is 18.2. The summed E-state index contributed by atoms with van der Waals surface area (Å²) < 4.78 is 0. The molecule has 0 spiro atoms. The van der Waals surface area contributed by atoms with Gasteiger partial charge in [0.15, 0.2) is 0 Å². The predicted molar refractivity (Wildman–Crippen MR) is 128 cm³/mol. The van der Waals surface area contributed by atoms with Crippen LogP contribution in [-0.2, 0) is 9.59 Å². The summed E-state index contributed by atoms with van der Waals surface area (Å²) in [5.41, 5.74) is 0. The first-order valence-corrected chi connectivity index (χ1v) is 12.1. The number of hydrogen-bond acceptors (Lipinski definition) is 6. The minimum Gasteiger partial charge on any atom is -0.356 e. The number of hydrogen-bond donors (Lipinski definition) is 2. The van der Waals surface area contributed by atoms with Crippen LogP contribution >= 0.6 is 0 Å². The molecule has 2 amide bonds. The van der Waals surface area contributed by atoms with Crippen molar-refractivity contribution in [1.29, 1.82) is 10.5 Å². The van der Waals surface area contributed by atoms with Crippen LogP contribution in [0.4, 0.5) is 0 Å². The zero-order chi connectivity index (χ0) is 24.2. The van der Waals surface area contributed by atoms with Crippen LogP contribution in [-0.4, -0.2) is 73.0 Å². The SMILES string of the molecule is CC(C)N(CCC#N)CCC(=O)NCCCCCCNC(=O)CCN(CCC#N)C(C)C. The first-order chi connectivity index (χ1) is 15.3. The van der Waals surface area contributed by atoms with Gasteiger partial charge in [0.2, 0.25) is 11.8 Å². The lowest BCUT2D eigenvalue weighted by molar-refractivity contribution is -0.122. The van der Waals surface area contributed by atoms with Crippen molar-refractivity contribution in [3.05, 3.63) is 0 Å². The molecule has 0 fully saturated rings. The molecule has 0 saturated carbocycles. The summed E-state index contributed by atoms with van der Waals surface area (Å²) >= 11 is 0. The Hall–Kier alpha value is -2.16. The smallest absolute Gasteiger partial charge is 0.221 e. The van der Waals surface area contributed by atoms with E-state index in [-0.39, 0.29) is 11.8 Å². The van der Waals surface area contributed by atoms with E-state index in [1.807, 2.05) is 0 Å². The van der Waals surface area contributed by atoms with Crippen LogP contribution in [0.2, 0.25) is 0 Å². The lowest BCUT2D eigenvalue weighted by atomic mass is 10.2. The molecule has 0 radical (unpaired) electrons. The van der Waals surface area contributed by atoms with Crippen molar-refractivity contribution in [2.45, 2.75) is 91.1 Å². The quantitative estimate of drug-likeness (QED) is 0.294. The van der Waals surface area contributed by atoms with Gasteiger partial charge in [0.1, 0.15) is 0 Å². The summed E-state index contributed by atoms with van der Waals surface area (Å²) in [4.78, 5) is 28.3. The Labute approximate surface area is 195 Å². The van der Waals surface area contributed by atoms with Crippen molar-refractivity contribution in [2.75, 3.05) is 39.3 Å². The molecule has 0 aromatic carbocycles. The maximum absolute atomic E-state index is 12.0. The highest BCUT2D eigenvalue weighted by Gasteiger charge is 2.12. The average Bonchev–Trinajstić information content (AvgIpc) is 2.75. The van der Waals surface area contributed by atoms with Gasteiger partial charge < -0.3 is 10.6 Å². The third kappa shape index (κ3) is 16.5. The number of nitrogens with zero attached hydrogens (tertiary/aromatic N) is 4. The third-order valence-electron chi connectivity index (χ3n) is 5.48. The first kappa shape index (κ1) is 29.8. The van der Waals surface area contributed by atoms with E-state index >= 15 is 0 Å². The molecule has 0 aliphatic carbocycles. The van der Waals surface area contributed by atoms with Gasteiger partial charge in [-0.3, -0.25) is 19.4 Å². The van der Waals surface area contributed by atoms with Crippen molar-refractivity contribution >= 4 is 11.8 Å². The molecular weight excluding hydrogens is 404 g/mol. The van der Waals surface area contributed by atoms with Gasteiger partial charge in [-0.05, 0) is 40.5 Å². The molecule has 0 aliphatic heterocycles. The number of carbonyl (C=O) groups is 2. The Morgan fingerprint density at radius 3 is 1.38 bits per heavy atom. The molecule has 0 atom stereocenters. The van der Waals surface area contributed by atoms with Crippen LogP contribution in [0.3, 0.4) is 0 Å². The summed E-state index contributed by atoms with van der Waals surface area (Å²) in [7, 11) is 0. The van der Waals surface area contributed by atoms with Crippen molar-refractivity contribution in [3.63, 3.8) is 0 Å². The molecule has 0 aromatic rings. The molecule has 0 heterocycles. The monoisotopic (exact) mass is 448 g/mol. The highest BCUT2D eigenvalue weighted by molar-refractivity contribution is 5.76. The van der Waals surface area contributed by atoms with E-state index in [4.69, 9.17) is 10.5 Å². The number of rotatable bonds is 19. The molecule has 0 rings (SSSR count). The van der Waals surface area contributed by atoms with Crippen LogP contribution in [0.15, 0.2) is 0 Å². The van der Waals surface area contributed by atoms with Crippen molar-refractivity contribution in [2.24, 2.45) is 0 Å². The minimum absolute atomic E-state index is 0.0603. The number of unbranched alkanes of at least 4 members (excludes halogenated alkanes) is 3. The molecule has 0 aromatic heterocycles. The van der Waals surface area contributed by atoms with Crippen molar-refractivity contribution in [3.8, 4) is 12.1 Å². The molecule has 2 N–H and O–H groups in total. The number of nitrogens with one attached hydrogen (secondary N) is 2. The Balaban J connectivity index is 3.72. The molecule has 182 valence electrons. The van der Waals surface area contributed by atoms with Gasteiger partial charge in [-0.25, -0.2) is 0 Å². The van der Waals surface area contributed by atoms with E-state index in [1.54, 1.807) is 0 Å². The molecule has 8 nitrogen and oxygen atoms in total. The molecular formula is C24H44N6O2. The lowest BCUT2D eigenvalue weighted by Gasteiger charge is -2.25. The second-order valence-corrected chi connectivity index (χ2v) is 8.69. The van der Waals surface area contributed by atoms with Gasteiger partial charge in [0.25, 0.3) is 0 Å². The maximum Gasteiger partial charge on any atom is 0.221 e. The summed E-state index contributed by atoms with van der Waals surface area (Å²) in [6, 6.07) is 4.96. The summed E-state index contributed by atoms with van der Waals surface area (Å²) in [6.07, 6.45) is 5.80. The van der Waals surface area contributed by atoms with Gasteiger partial charge >= 0.3 is 0 Å². The molecule has 0 saturated heterocycles. The van der Waals surface area contributed by atoms with Crippen LogP contribution in [0, 0.1) is 22.7 Å². The molecule has 8 heteroatoms. The molecule has 0 bridgehead atoms. The fraction of sp³-hybridized carbons (Fsp3) is 0.833. The van der Waals surface area contributed by atoms with E-state index in [0.29, 0.717) is 77.0 Å². The van der Waals surface area contributed by atoms with Crippen LogP contribution < -0.4 is 10.6 Å². The second-order valence-electron chi connectivity index (χ2n) is 8.69. The largest absolute Gasteiger partial charge is 0.356 e. The van der Waals surface area contributed by atoms with E-state index in [2.05, 4.69) is 60.3 Å². The van der Waals surface area contributed by atoms with Gasteiger partial charge in [-0.1, -0.05) is 12.8 Å². The summed E-state index contributed by atoms with van der Waals surface area (Å²) in [5.74, 6) is 0.121. The fourth-order valence-electron chi connectivity index (χ4n) is 3.37. The minimum atomic E-state index is 0.0603. The standard InChI is InChI=1S/C24H44N6O2/c1-21(2)29(17-9-13-25)19-11-23(31)27-15-7-5-6-8-16-28-24(32)12-20-30(22(3)4)18-10-14-26/h21-22H,5-12,15-20H2,1-4H3,(H,27,31)(H,28,32). The van der Waals surface area contributed by atoms with Crippen molar-refractivity contribution in [1.82, 2.24) is 20.4 Å².